The van der Waals surface area contributed by atoms with Gasteiger partial charge < -0.3 is 20.1 Å². The largest absolute Gasteiger partial charge is 0.351 e. The smallest absolute Gasteiger partial charge is 0.273 e. The first-order valence-corrected chi connectivity index (χ1v) is 11.8. The second-order valence-corrected chi connectivity index (χ2v) is 9.34. The van der Waals surface area contributed by atoms with E-state index in [2.05, 4.69) is 15.6 Å². The quantitative estimate of drug-likeness (QED) is 0.676. The van der Waals surface area contributed by atoms with Crippen molar-refractivity contribution in [3.05, 3.63) is 53.1 Å². The van der Waals surface area contributed by atoms with E-state index in [-0.39, 0.29) is 41.7 Å². The van der Waals surface area contributed by atoms with Crippen molar-refractivity contribution in [3.8, 4) is 0 Å². The molecule has 1 atom stereocenters. The van der Waals surface area contributed by atoms with Crippen LogP contribution in [0.25, 0.3) is 0 Å². The molecular formula is C25H33N5O3. The van der Waals surface area contributed by atoms with Crippen LogP contribution in [0.3, 0.4) is 0 Å². The van der Waals surface area contributed by atoms with E-state index >= 15 is 0 Å². The lowest BCUT2D eigenvalue weighted by Crippen LogP contribution is -2.64. The number of carbonyl (C=O) groups is 3. The molecule has 8 heteroatoms. The molecule has 4 rings (SSSR count). The third kappa shape index (κ3) is 4.51. The molecule has 33 heavy (non-hydrogen) atoms. The van der Waals surface area contributed by atoms with Gasteiger partial charge in [0.25, 0.3) is 11.8 Å². The Balaban J connectivity index is 1.48. The number of aromatic nitrogens is 2. The third-order valence-corrected chi connectivity index (χ3v) is 6.89. The number of imidazole rings is 1. The van der Waals surface area contributed by atoms with Gasteiger partial charge in [-0.3, -0.25) is 14.4 Å². The summed E-state index contributed by atoms with van der Waals surface area (Å²) in [6, 6.07) is 8.34. The number of hydrogen-bond donors (Lipinski definition) is 2. The Hall–Kier alpha value is -3.16. The fourth-order valence-corrected chi connectivity index (χ4v) is 4.92. The van der Waals surface area contributed by atoms with E-state index in [1.54, 1.807) is 16.4 Å². The first kappa shape index (κ1) is 23.0. The monoisotopic (exact) mass is 451 g/mol. The molecule has 0 unspecified atom stereocenters. The van der Waals surface area contributed by atoms with Gasteiger partial charge in [-0.1, -0.05) is 42.7 Å². The number of likely N-dealkylation sites (N-methyl/N-ethyl adjacent to an activating group) is 1. The van der Waals surface area contributed by atoms with Gasteiger partial charge in [-0.15, -0.1) is 0 Å². The molecule has 1 aromatic heterocycles. The summed E-state index contributed by atoms with van der Waals surface area (Å²) in [5.74, 6) is -0.860. The number of amides is 3. The highest BCUT2D eigenvalue weighted by Crippen LogP contribution is 2.29. The first-order chi connectivity index (χ1) is 15.8. The minimum atomic E-state index is -1.03. The minimum Gasteiger partial charge on any atom is -0.351 e. The van der Waals surface area contributed by atoms with E-state index in [4.69, 9.17) is 0 Å². The summed E-state index contributed by atoms with van der Waals surface area (Å²) in [6.45, 7) is 6.77. The summed E-state index contributed by atoms with van der Waals surface area (Å²) in [5, 5.41) is 6.01. The van der Waals surface area contributed by atoms with Crippen LogP contribution < -0.4 is 10.6 Å². The van der Waals surface area contributed by atoms with Crippen LogP contribution in [0.5, 0.6) is 0 Å². The zero-order valence-electron chi connectivity index (χ0n) is 19.7. The van der Waals surface area contributed by atoms with Crippen molar-refractivity contribution in [2.75, 3.05) is 13.1 Å². The fourth-order valence-electron chi connectivity index (χ4n) is 4.92. The molecule has 2 aromatic rings. The third-order valence-electron chi connectivity index (χ3n) is 6.89. The zero-order valence-corrected chi connectivity index (χ0v) is 19.7. The lowest BCUT2D eigenvalue weighted by molar-refractivity contribution is -0.133. The summed E-state index contributed by atoms with van der Waals surface area (Å²) in [5.41, 5.74) is 1.65. The van der Waals surface area contributed by atoms with Gasteiger partial charge in [-0.05, 0) is 45.6 Å². The van der Waals surface area contributed by atoms with E-state index in [9.17, 15) is 14.4 Å². The van der Waals surface area contributed by atoms with Crippen LogP contribution in [-0.2, 0) is 17.8 Å². The van der Waals surface area contributed by atoms with Gasteiger partial charge in [0.15, 0.2) is 5.69 Å². The number of fused-ring (bicyclic) bond motifs is 1. The van der Waals surface area contributed by atoms with E-state index in [0.29, 0.717) is 19.5 Å². The molecule has 1 aliphatic carbocycles. The van der Waals surface area contributed by atoms with Gasteiger partial charge >= 0.3 is 0 Å². The predicted octanol–water partition coefficient (Wildman–Crippen LogP) is 2.46. The van der Waals surface area contributed by atoms with Crippen molar-refractivity contribution in [2.45, 2.75) is 71.0 Å². The van der Waals surface area contributed by atoms with Gasteiger partial charge in [-0.25, -0.2) is 4.98 Å². The second-order valence-electron chi connectivity index (χ2n) is 9.34. The number of nitrogens with one attached hydrogen (secondary N) is 2. The molecule has 0 radical (unpaired) electrons. The Bertz CT molecular complexity index is 1040. The molecule has 0 saturated heterocycles. The van der Waals surface area contributed by atoms with Crippen molar-refractivity contribution < 1.29 is 14.4 Å². The lowest BCUT2D eigenvalue weighted by atomic mass is 9.94. The van der Waals surface area contributed by atoms with Crippen molar-refractivity contribution in [2.24, 2.45) is 0 Å². The Morgan fingerprint density at radius 2 is 1.88 bits per heavy atom. The van der Waals surface area contributed by atoms with Crippen LogP contribution >= 0.6 is 0 Å². The van der Waals surface area contributed by atoms with E-state index in [0.717, 1.165) is 31.2 Å². The maximum absolute atomic E-state index is 13.4. The molecule has 176 valence electrons. The average molecular weight is 452 g/mol. The maximum Gasteiger partial charge on any atom is 0.273 e. The molecule has 1 aromatic carbocycles. The van der Waals surface area contributed by atoms with Crippen LogP contribution in [-0.4, -0.2) is 56.8 Å². The minimum absolute atomic E-state index is 0.112. The summed E-state index contributed by atoms with van der Waals surface area (Å²) >= 11 is 0. The van der Waals surface area contributed by atoms with Gasteiger partial charge in [0.2, 0.25) is 5.91 Å². The molecule has 2 N–H and O–H groups in total. The number of hydrogen-bond acceptors (Lipinski definition) is 4. The van der Waals surface area contributed by atoms with Crippen LogP contribution in [0.1, 0.15) is 71.6 Å². The summed E-state index contributed by atoms with van der Waals surface area (Å²) in [7, 11) is 0. The molecule has 2 heterocycles. The van der Waals surface area contributed by atoms with E-state index in [1.165, 1.54) is 11.9 Å². The van der Waals surface area contributed by atoms with Crippen LogP contribution in [0.15, 0.2) is 30.6 Å². The topological polar surface area (TPSA) is 96.3 Å². The number of carbonyl (C=O) groups excluding carboxylic acids is 3. The van der Waals surface area contributed by atoms with Crippen molar-refractivity contribution >= 4 is 17.7 Å². The summed E-state index contributed by atoms with van der Waals surface area (Å²) in [6.07, 6.45) is 6.38. The summed E-state index contributed by atoms with van der Waals surface area (Å²) in [4.78, 5) is 45.3. The standard InChI is InChI=1S/C25H33N5O3/c1-4-30-23(32)21-20(22(31)26-14-13-18-11-9-17(2)10-12-18)27-16-29(21)15-25(30,3)24(33)28-19-7-5-6-8-19/h9-12,16,19H,4-8,13-15H2,1-3H3,(H,26,31)(H,28,33)/t25-/m1/s1. The number of benzene rings is 1. The molecule has 1 fully saturated rings. The highest BCUT2D eigenvalue weighted by Gasteiger charge is 2.48. The fraction of sp³-hybridized carbons (Fsp3) is 0.520. The lowest BCUT2D eigenvalue weighted by Gasteiger charge is -2.43. The van der Waals surface area contributed by atoms with Gasteiger partial charge in [0, 0.05) is 19.1 Å². The molecule has 8 nitrogen and oxygen atoms in total. The molecular weight excluding hydrogens is 418 g/mol. The van der Waals surface area contributed by atoms with Gasteiger partial charge in [0.05, 0.1) is 12.9 Å². The predicted molar refractivity (Wildman–Crippen MR) is 125 cm³/mol. The zero-order chi connectivity index (χ0) is 23.6. The van der Waals surface area contributed by atoms with Gasteiger partial charge in [0.1, 0.15) is 11.2 Å². The normalized spacial score (nSPS) is 20.6. The molecule has 1 aliphatic heterocycles. The highest BCUT2D eigenvalue weighted by atomic mass is 16.2. The van der Waals surface area contributed by atoms with Gasteiger partial charge in [-0.2, -0.15) is 0 Å². The first-order valence-electron chi connectivity index (χ1n) is 11.8. The molecule has 1 saturated carbocycles. The Kier molecular flexibility index (Phi) is 6.54. The highest BCUT2D eigenvalue weighted by molar-refractivity contribution is 6.07. The number of rotatable bonds is 7. The Morgan fingerprint density at radius 1 is 1.18 bits per heavy atom. The van der Waals surface area contributed by atoms with E-state index < -0.39 is 5.54 Å². The molecule has 0 spiro atoms. The maximum atomic E-state index is 13.4. The van der Waals surface area contributed by atoms with Crippen LogP contribution in [0, 0.1) is 6.92 Å². The second kappa shape index (κ2) is 9.37. The molecule has 0 bridgehead atoms. The Morgan fingerprint density at radius 3 is 2.55 bits per heavy atom. The van der Waals surface area contributed by atoms with Crippen molar-refractivity contribution in [1.82, 2.24) is 25.1 Å². The van der Waals surface area contributed by atoms with Crippen LogP contribution in [0.2, 0.25) is 0 Å². The molecule has 2 aliphatic rings. The molecule has 3 amide bonds. The van der Waals surface area contributed by atoms with Crippen LogP contribution in [0.4, 0.5) is 0 Å². The average Bonchev–Trinajstić information content (AvgIpc) is 3.45. The Labute approximate surface area is 194 Å². The summed E-state index contributed by atoms with van der Waals surface area (Å²) < 4.78 is 1.65. The van der Waals surface area contributed by atoms with Crippen molar-refractivity contribution in [1.29, 1.82) is 0 Å². The van der Waals surface area contributed by atoms with E-state index in [1.807, 2.05) is 38.1 Å². The van der Waals surface area contributed by atoms with Crippen molar-refractivity contribution in [3.63, 3.8) is 0 Å². The SMILES string of the molecule is CCN1C(=O)c2c(C(=O)NCCc3ccc(C)cc3)ncn2C[C@]1(C)C(=O)NC1CCCC1. The number of nitrogens with zero attached hydrogens (tertiary/aromatic N) is 3. The number of aryl methyl sites for hydroxylation is 1.